The van der Waals surface area contributed by atoms with Crippen molar-refractivity contribution in [1.82, 2.24) is 15.2 Å². The van der Waals surface area contributed by atoms with E-state index in [1.54, 1.807) is 11.7 Å². The lowest BCUT2D eigenvalue weighted by Gasteiger charge is -1.93. The largest absolute Gasteiger partial charge is 0.254 e. The van der Waals surface area contributed by atoms with Crippen LogP contribution < -0.4 is 0 Å². The van der Waals surface area contributed by atoms with E-state index in [-0.39, 0.29) is 0 Å². The summed E-state index contributed by atoms with van der Waals surface area (Å²) in [5, 5.41) is 8.55. The number of nitrogens with zero attached hydrogens (tertiary/aromatic N) is 3. The zero-order chi connectivity index (χ0) is 8.39. The van der Waals surface area contributed by atoms with Crippen LogP contribution in [0.15, 0.2) is 23.8 Å². The summed E-state index contributed by atoms with van der Waals surface area (Å²) in [6, 6.07) is 3.94. The van der Waals surface area contributed by atoms with Gasteiger partial charge in [-0.2, -0.15) is 0 Å². The average molecular weight is 289 g/mol. The zero-order valence-corrected chi connectivity index (χ0v) is 8.91. The van der Waals surface area contributed by atoms with Crippen LogP contribution in [0.4, 0.5) is 0 Å². The van der Waals surface area contributed by atoms with Crippen LogP contribution in [0.25, 0.3) is 10.7 Å². The third-order valence-corrected chi connectivity index (χ3v) is 2.69. The lowest BCUT2D eigenvalue weighted by Crippen LogP contribution is -1.82. The van der Waals surface area contributed by atoms with Crippen LogP contribution in [0.3, 0.4) is 0 Å². The summed E-state index contributed by atoms with van der Waals surface area (Å²) in [7, 11) is 0. The van der Waals surface area contributed by atoms with E-state index in [9.17, 15) is 0 Å². The summed E-state index contributed by atoms with van der Waals surface area (Å²) in [6.07, 6.45) is 1.78. The van der Waals surface area contributed by atoms with Gasteiger partial charge in [0.2, 0.25) is 0 Å². The fraction of sp³-hybridized carbons (Fsp3) is 0. The smallest absolute Gasteiger partial charge is 0.166 e. The second-order valence-corrected chi connectivity index (χ2v) is 4.18. The molecule has 12 heavy (non-hydrogen) atoms. The molecule has 0 bridgehead atoms. The van der Waals surface area contributed by atoms with Gasteiger partial charge in [-0.1, -0.05) is 11.3 Å². The van der Waals surface area contributed by atoms with Gasteiger partial charge in [-0.05, 0) is 34.7 Å². The summed E-state index contributed by atoms with van der Waals surface area (Å²) in [6.45, 7) is 0. The van der Waals surface area contributed by atoms with Gasteiger partial charge in [-0.15, -0.1) is 10.2 Å². The third kappa shape index (κ3) is 1.61. The monoisotopic (exact) mass is 289 g/mol. The normalized spacial score (nSPS) is 10.1. The van der Waals surface area contributed by atoms with Gasteiger partial charge < -0.3 is 0 Å². The Morgan fingerprint density at radius 1 is 1.42 bits per heavy atom. The van der Waals surface area contributed by atoms with Crippen LogP contribution in [-0.2, 0) is 0 Å². The number of hydrogen-bond acceptors (Lipinski definition) is 4. The molecule has 2 heterocycles. The Labute approximate surface area is 87.0 Å². The first-order valence-electron chi connectivity index (χ1n) is 3.24. The van der Waals surface area contributed by atoms with Crippen LogP contribution in [0.1, 0.15) is 0 Å². The van der Waals surface area contributed by atoms with Gasteiger partial charge in [-0.3, -0.25) is 4.98 Å². The van der Waals surface area contributed by atoms with E-state index in [1.807, 2.05) is 12.1 Å². The number of hydrogen-bond donors (Lipinski definition) is 0. The molecule has 0 amide bonds. The van der Waals surface area contributed by atoms with Crippen molar-refractivity contribution in [1.29, 1.82) is 0 Å². The average Bonchev–Trinajstić information content (AvgIpc) is 2.56. The van der Waals surface area contributed by atoms with Gasteiger partial charge in [0.1, 0.15) is 11.2 Å². The SMILES string of the molecule is Ic1ccnc(-c2nncs2)c1. The van der Waals surface area contributed by atoms with E-state index in [4.69, 9.17) is 0 Å². The predicted octanol–water partition coefficient (Wildman–Crippen LogP) is 2.20. The standard InChI is InChI=1S/C7H4IN3S/c8-5-1-2-9-6(3-5)7-11-10-4-12-7/h1-4H. The Kier molecular flexibility index (Phi) is 2.31. The van der Waals surface area contributed by atoms with Crippen molar-refractivity contribution in [2.45, 2.75) is 0 Å². The van der Waals surface area contributed by atoms with Crippen molar-refractivity contribution in [2.24, 2.45) is 0 Å². The van der Waals surface area contributed by atoms with E-state index in [0.717, 1.165) is 14.3 Å². The molecule has 0 unspecified atom stereocenters. The maximum absolute atomic E-state index is 4.19. The molecule has 0 N–H and O–H groups in total. The Morgan fingerprint density at radius 3 is 3.00 bits per heavy atom. The van der Waals surface area contributed by atoms with Gasteiger partial charge >= 0.3 is 0 Å². The first-order valence-corrected chi connectivity index (χ1v) is 5.20. The molecule has 2 rings (SSSR count). The first kappa shape index (κ1) is 8.06. The Bertz CT molecular complexity index is 374. The van der Waals surface area contributed by atoms with Crippen LogP contribution in [0.5, 0.6) is 0 Å². The topological polar surface area (TPSA) is 38.7 Å². The van der Waals surface area contributed by atoms with E-state index in [2.05, 4.69) is 37.8 Å². The molecule has 0 spiro atoms. The minimum Gasteiger partial charge on any atom is -0.254 e. The van der Waals surface area contributed by atoms with Gasteiger partial charge in [0.25, 0.3) is 0 Å². The zero-order valence-electron chi connectivity index (χ0n) is 5.94. The minimum absolute atomic E-state index is 0.869. The van der Waals surface area contributed by atoms with Crippen molar-refractivity contribution in [3.8, 4) is 10.7 Å². The van der Waals surface area contributed by atoms with Crippen LogP contribution in [0, 0.1) is 3.57 Å². The minimum atomic E-state index is 0.869. The van der Waals surface area contributed by atoms with Crippen LogP contribution in [-0.4, -0.2) is 15.2 Å². The molecule has 0 aliphatic rings. The second kappa shape index (κ2) is 3.44. The molecule has 5 heteroatoms. The van der Waals surface area contributed by atoms with Gasteiger partial charge in [0, 0.05) is 9.77 Å². The maximum atomic E-state index is 4.19. The van der Waals surface area contributed by atoms with Crippen molar-refractivity contribution < 1.29 is 0 Å². The fourth-order valence-corrected chi connectivity index (χ4v) is 1.78. The van der Waals surface area contributed by atoms with Crippen molar-refractivity contribution in [2.75, 3.05) is 0 Å². The quantitative estimate of drug-likeness (QED) is 0.755. The molecule has 0 aliphatic heterocycles. The lowest BCUT2D eigenvalue weighted by molar-refractivity contribution is 1.09. The first-order chi connectivity index (χ1) is 5.86. The summed E-state index contributed by atoms with van der Waals surface area (Å²) < 4.78 is 1.16. The molecule has 0 saturated heterocycles. The van der Waals surface area contributed by atoms with Crippen molar-refractivity contribution >= 4 is 33.9 Å². The fourth-order valence-electron chi connectivity index (χ4n) is 0.806. The van der Waals surface area contributed by atoms with Gasteiger partial charge in [0.05, 0.1) is 0 Å². The lowest BCUT2D eigenvalue weighted by atomic mass is 10.4. The third-order valence-electron chi connectivity index (χ3n) is 1.30. The van der Waals surface area contributed by atoms with Gasteiger partial charge in [-0.25, -0.2) is 0 Å². The Hall–Kier alpha value is -0.560. The van der Waals surface area contributed by atoms with E-state index in [1.165, 1.54) is 11.3 Å². The highest BCUT2D eigenvalue weighted by atomic mass is 127. The Morgan fingerprint density at radius 2 is 2.33 bits per heavy atom. The molecule has 0 aliphatic carbocycles. The highest BCUT2D eigenvalue weighted by molar-refractivity contribution is 14.1. The molecular formula is C7H4IN3S. The van der Waals surface area contributed by atoms with E-state index < -0.39 is 0 Å². The second-order valence-electron chi connectivity index (χ2n) is 2.10. The molecule has 0 atom stereocenters. The number of pyridine rings is 1. The molecule has 60 valence electrons. The van der Waals surface area contributed by atoms with Crippen LogP contribution in [0.2, 0.25) is 0 Å². The van der Waals surface area contributed by atoms with Crippen molar-refractivity contribution in [3.05, 3.63) is 27.4 Å². The Balaban J connectivity index is 2.48. The predicted molar refractivity (Wildman–Crippen MR) is 55.9 cm³/mol. The molecule has 0 saturated carbocycles. The molecular weight excluding hydrogens is 285 g/mol. The number of aromatic nitrogens is 3. The molecule has 0 fully saturated rings. The molecule has 2 aromatic heterocycles. The highest BCUT2D eigenvalue weighted by Gasteiger charge is 2.01. The molecule has 2 aromatic rings. The van der Waals surface area contributed by atoms with Gasteiger partial charge in [0.15, 0.2) is 5.01 Å². The highest BCUT2D eigenvalue weighted by Crippen LogP contribution is 2.19. The van der Waals surface area contributed by atoms with Crippen LogP contribution >= 0.6 is 33.9 Å². The van der Waals surface area contributed by atoms with E-state index in [0.29, 0.717) is 0 Å². The number of halogens is 1. The molecule has 0 aromatic carbocycles. The van der Waals surface area contributed by atoms with Crippen molar-refractivity contribution in [3.63, 3.8) is 0 Å². The summed E-state index contributed by atoms with van der Waals surface area (Å²) in [4.78, 5) is 4.19. The molecule has 3 nitrogen and oxygen atoms in total. The van der Waals surface area contributed by atoms with E-state index >= 15 is 0 Å². The summed E-state index contributed by atoms with van der Waals surface area (Å²) >= 11 is 3.74. The maximum Gasteiger partial charge on any atom is 0.166 e. The number of rotatable bonds is 1. The molecule has 0 radical (unpaired) electrons. The summed E-state index contributed by atoms with van der Waals surface area (Å²) in [5.41, 5.74) is 2.60. The summed E-state index contributed by atoms with van der Waals surface area (Å²) in [5.74, 6) is 0.